The summed E-state index contributed by atoms with van der Waals surface area (Å²) in [4.78, 5) is 10.6. The van der Waals surface area contributed by atoms with E-state index in [1.807, 2.05) is 5.01 Å². The topological polar surface area (TPSA) is 61.8 Å². The molecule has 2 N–H and O–H groups in total. The van der Waals surface area contributed by atoms with Gasteiger partial charge in [0, 0.05) is 13.1 Å². The molecule has 0 amide bonds. The van der Waals surface area contributed by atoms with E-state index in [1.54, 1.807) is 0 Å². The first-order valence-electron chi connectivity index (χ1n) is 5.29. The third kappa shape index (κ3) is 2.92. The van der Waals surface area contributed by atoms with E-state index in [-0.39, 0.29) is 11.3 Å². The molecule has 2 rings (SSSR count). The lowest BCUT2D eigenvalue weighted by Gasteiger charge is -2.28. The minimum absolute atomic E-state index is 0.0602. The molecular formula is C11H13FN2O3. The van der Waals surface area contributed by atoms with Gasteiger partial charge in [0.1, 0.15) is 5.82 Å². The Hall–Kier alpha value is -1.66. The molecular weight excluding hydrogens is 227 g/mol. The number of halogens is 1. The van der Waals surface area contributed by atoms with Gasteiger partial charge in [0.2, 0.25) is 0 Å². The van der Waals surface area contributed by atoms with Crippen molar-refractivity contribution in [2.45, 2.75) is 0 Å². The number of ether oxygens (including phenoxy) is 1. The minimum Gasteiger partial charge on any atom is -0.478 e. The van der Waals surface area contributed by atoms with Crippen LogP contribution in [0.5, 0.6) is 0 Å². The number of benzene rings is 1. The van der Waals surface area contributed by atoms with Crippen molar-refractivity contribution >= 4 is 11.7 Å². The van der Waals surface area contributed by atoms with Crippen molar-refractivity contribution in [2.24, 2.45) is 0 Å². The number of nitrogens with one attached hydrogen (secondary N) is 1. The van der Waals surface area contributed by atoms with Crippen molar-refractivity contribution in [3.63, 3.8) is 0 Å². The van der Waals surface area contributed by atoms with E-state index in [0.717, 1.165) is 6.07 Å². The third-order valence-corrected chi connectivity index (χ3v) is 2.51. The molecule has 0 radical (unpaired) electrons. The minimum atomic E-state index is -1.14. The number of hydrogen-bond donors (Lipinski definition) is 2. The molecule has 1 fully saturated rings. The summed E-state index contributed by atoms with van der Waals surface area (Å²) in [6, 6.07) is 3.80. The first-order chi connectivity index (χ1) is 8.16. The summed E-state index contributed by atoms with van der Waals surface area (Å²) in [5, 5.41) is 10.5. The van der Waals surface area contributed by atoms with Gasteiger partial charge in [-0.25, -0.2) is 14.2 Å². The Morgan fingerprint density at radius 1 is 1.41 bits per heavy atom. The predicted octanol–water partition coefficient (Wildman–Crippen LogP) is 1.18. The summed E-state index contributed by atoms with van der Waals surface area (Å²) >= 11 is 0. The maximum Gasteiger partial charge on any atom is 0.335 e. The van der Waals surface area contributed by atoms with Crippen molar-refractivity contribution in [1.29, 1.82) is 0 Å². The highest BCUT2D eigenvalue weighted by Crippen LogP contribution is 2.17. The van der Waals surface area contributed by atoms with Crippen LogP contribution in [0.4, 0.5) is 10.1 Å². The Kier molecular flexibility index (Phi) is 3.55. The molecule has 0 spiro atoms. The van der Waals surface area contributed by atoms with Crippen molar-refractivity contribution in [3.8, 4) is 0 Å². The van der Waals surface area contributed by atoms with Crippen LogP contribution in [-0.4, -0.2) is 42.4 Å². The number of nitrogens with zero attached hydrogens (tertiary/aromatic N) is 1. The van der Waals surface area contributed by atoms with E-state index in [0.29, 0.717) is 26.3 Å². The van der Waals surface area contributed by atoms with Crippen LogP contribution in [-0.2, 0) is 4.74 Å². The van der Waals surface area contributed by atoms with Gasteiger partial charge in [0.15, 0.2) is 0 Å². The number of anilines is 1. The highest BCUT2D eigenvalue weighted by Gasteiger charge is 2.13. The van der Waals surface area contributed by atoms with Gasteiger partial charge < -0.3 is 15.3 Å². The molecule has 1 saturated heterocycles. The van der Waals surface area contributed by atoms with Crippen LogP contribution < -0.4 is 5.43 Å². The number of carboxylic acids is 1. The second-order valence-electron chi connectivity index (χ2n) is 3.71. The third-order valence-electron chi connectivity index (χ3n) is 2.51. The molecule has 0 saturated carbocycles. The van der Waals surface area contributed by atoms with Crippen molar-refractivity contribution in [3.05, 3.63) is 29.6 Å². The lowest BCUT2D eigenvalue weighted by molar-refractivity contribution is 0.0495. The number of carbonyl (C=O) groups is 1. The molecule has 0 atom stereocenters. The SMILES string of the molecule is O=C(O)c1ccc(NN2CCOCC2)c(F)c1. The molecule has 0 aromatic heterocycles. The van der Waals surface area contributed by atoms with Crippen LogP contribution in [0.3, 0.4) is 0 Å². The molecule has 1 aliphatic rings. The van der Waals surface area contributed by atoms with E-state index in [1.165, 1.54) is 12.1 Å². The van der Waals surface area contributed by atoms with Crippen molar-refractivity contribution < 1.29 is 19.0 Å². The first kappa shape index (κ1) is 11.8. The summed E-state index contributed by atoms with van der Waals surface area (Å²) in [5.74, 6) is -1.71. The van der Waals surface area contributed by atoms with E-state index in [9.17, 15) is 9.18 Å². The number of carboxylic acid groups (broad SMARTS) is 1. The van der Waals surface area contributed by atoms with Gasteiger partial charge in [-0.3, -0.25) is 0 Å². The fraction of sp³-hybridized carbons (Fsp3) is 0.364. The average molecular weight is 240 g/mol. The lowest BCUT2D eigenvalue weighted by Crippen LogP contribution is -2.40. The zero-order chi connectivity index (χ0) is 12.3. The highest BCUT2D eigenvalue weighted by molar-refractivity contribution is 5.88. The fourth-order valence-electron chi connectivity index (χ4n) is 1.58. The van der Waals surface area contributed by atoms with Gasteiger partial charge in [-0.05, 0) is 18.2 Å². The normalized spacial score (nSPS) is 16.8. The standard InChI is InChI=1S/C11H13FN2O3/c12-9-7-8(11(15)16)1-2-10(9)13-14-3-5-17-6-4-14/h1-2,7,13H,3-6H2,(H,15,16). The Balaban J connectivity index is 2.08. The molecule has 5 nitrogen and oxygen atoms in total. The Labute approximate surface area is 97.8 Å². The second kappa shape index (κ2) is 5.11. The molecule has 0 bridgehead atoms. The number of aromatic carboxylic acids is 1. The van der Waals surface area contributed by atoms with Gasteiger partial charge in [-0.15, -0.1) is 0 Å². The number of rotatable bonds is 3. The highest BCUT2D eigenvalue weighted by atomic mass is 19.1. The van der Waals surface area contributed by atoms with E-state index in [4.69, 9.17) is 9.84 Å². The Morgan fingerprint density at radius 2 is 2.12 bits per heavy atom. The summed E-state index contributed by atoms with van der Waals surface area (Å²) in [5.41, 5.74) is 3.12. The molecule has 0 aliphatic carbocycles. The molecule has 17 heavy (non-hydrogen) atoms. The Morgan fingerprint density at radius 3 is 2.71 bits per heavy atom. The summed E-state index contributed by atoms with van der Waals surface area (Å²) < 4.78 is 18.7. The fourth-order valence-corrected chi connectivity index (χ4v) is 1.58. The van der Waals surface area contributed by atoms with Gasteiger partial charge in [0.05, 0.1) is 24.5 Å². The number of morpholine rings is 1. The van der Waals surface area contributed by atoms with Crippen LogP contribution in [0.25, 0.3) is 0 Å². The largest absolute Gasteiger partial charge is 0.478 e. The first-order valence-corrected chi connectivity index (χ1v) is 5.29. The number of hydrazine groups is 1. The summed E-state index contributed by atoms with van der Waals surface area (Å²) in [6.45, 7) is 2.53. The van der Waals surface area contributed by atoms with E-state index < -0.39 is 11.8 Å². The van der Waals surface area contributed by atoms with E-state index in [2.05, 4.69) is 5.43 Å². The van der Waals surface area contributed by atoms with Gasteiger partial charge in [-0.2, -0.15) is 0 Å². The summed E-state index contributed by atoms with van der Waals surface area (Å²) in [6.07, 6.45) is 0. The maximum atomic E-state index is 13.6. The van der Waals surface area contributed by atoms with E-state index >= 15 is 0 Å². The monoisotopic (exact) mass is 240 g/mol. The zero-order valence-electron chi connectivity index (χ0n) is 9.15. The molecule has 6 heteroatoms. The maximum absolute atomic E-state index is 13.6. The van der Waals surface area contributed by atoms with Crippen LogP contribution in [0, 0.1) is 5.82 Å². The van der Waals surface area contributed by atoms with Crippen LogP contribution in [0.15, 0.2) is 18.2 Å². The quantitative estimate of drug-likeness (QED) is 0.830. The lowest BCUT2D eigenvalue weighted by atomic mass is 10.2. The molecule has 1 heterocycles. The molecule has 0 unspecified atom stereocenters. The van der Waals surface area contributed by atoms with Crippen molar-refractivity contribution in [1.82, 2.24) is 5.01 Å². The molecule has 1 aromatic carbocycles. The van der Waals surface area contributed by atoms with Crippen LogP contribution in [0.2, 0.25) is 0 Å². The molecule has 1 aromatic rings. The van der Waals surface area contributed by atoms with Crippen molar-refractivity contribution in [2.75, 3.05) is 31.7 Å². The van der Waals surface area contributed by atoms with Crippen LogP contribution in [0.1, 0.15) is 10.4 Å². The molecule has 1 aliphatic heterocycles. The van der Waals surface area contributed by atoms with Gasteiger partial charge in [-0.1, -0.05) is 0 Å². The number of hydrogen-bond acceptors (Lipinski definition) is 4. The predicted molar refractivity (Wildman–Crippen MR) is 59.4 cm³/mol. The average Bonchev–Trinajstić information content (AvgIpc) is 2.33. The van der Waals surface area contributed by atoms with Gasteiger partial charge in [0.25, 0.3) is 0 Å². The second-order valence-corrected chi connectivity index (χ2v) is 3.71. The Bertz CT molecular complexity index is 419. The zero-order valence-corrected chi connectivity index (χ0v) is 9.15. The smallest absolute Gasteiger partial charge is 0.335 e. The van der Waals surface area contributed by atoms with Crippen LogP contribution >= 0.6 is 0 Å². The molecule has 92 valence electrons. The van der Waals surface area contributed by atoms with Gasteiger partial charge >= 0.3 is 5.97 Å². The summed E-state index contributed by atoms with van der Waals surface area (Å²) in [7, 11) is 0.